The molecular formula is C15H15N5OS. The molecule has 0 saturated carbocycles. The number of nitrogens with zero attached hydrogens (tertiary/aromatic N) is 4. The Morgan fingerprint density at radius 1 is 1.32 bits per heavy atom. The van der Waals surface area contributed by atoms with E-state index in [1.165, 1.54) is 11.9 Å². The zero-order valence-electron chi connectivity index (χ0n) is 12.5. The number of rotatable bonds is 3. The number of methoxy groups -OCH3 is 1. The van der Waals surface area contributed by atoms with Crippen LogP contribution in [0.25, 0.3) is 27.3 Å². The second-order valence-electron chi connectivity index (χ2n) is 5.42. The Balaban J connectivity index is 2.02. The molecular weight excluding hydrogens is 298 g/mol. The average Bonchev–Trinajstić information content (AvgIpc) is 3.19. The highest BCUT2D eigenvalue weighted by molar-refractivity contribution is 7.16. The number of ether oxygens (including phenoxy) is 1. The maximum Gasteiger partial charge on any atom is 0.197 e. The molecule has 1 N–H and O–H groups in total. The number of thiazole rings is 1. The Hall–Kier alpha value is -2.41. The summed E-state index contributed by atoms with van der Waals surface area (Å²) in [6.07, 6.45) is 3.49. The minimum atomic E-state index is 0.364. The van der Waals surface area contributed by atoms with Gasteiger partial charge in [0.2, 0.25) is 0 Å². The number of hydrogen-bond acceptors (Lipinski definition) is 5. The second kappa shape index (κ2) is 4.81. The van der Waals surface area contributed by atoms with Crippen LogP contribution < -0.4 is 4.74 Å². The van der Waals surface area contributed by atoms with E-state index >= 15 is 0 Å². The Bertz CT molecular complexity index is 965. The molecule has 4 aromatic heterocycles. The number of nitrogens with one attached hydrogen (secondary N) is 1. The van der Waals surface area contributed by atoms with Crippen LogP contribution in [0.15, 0.2) is 24.1 Å². The van der Waals surface area contributed by atoms with Crippen molar-refractivity contribution in [2.45, 2.75) is 19.8 Å². The first-order valence-electron chi connectivity index (χ1n) is 7.02. The summed E-state index contributed by atoms with van der Waals surface area (Å²) < 4.78 is 7.19. The van der Waals surface area contributed by atoms with Crippen molar-refractivity contribution in [2.75, 3.05) is 7.11 Å². The van der Waals surface area contributed by atoms with Gasteiger partial charge in [0.05, 0.1) is 18.3 Å². The van der Waals surface area contributed by atoms with Gasteiger partial charge in [-0.2, -0.15) is 5.10 Å². The summed E-state index contributed by atoms with van der Waals surface area (Å²) in [6.45, 7) is 4.35. The van der Waals surface area contributed by atoms with Gasteiger partial charge in [-0.3, -0.25) is 0 Å². The molecule has 0 amide bonds. The Kier molecular flexibility index (Phi) is 2.90. The molecule has 0 fully saturated rings. The monoisotopic (exact) mass is 313 g/mol. The molecule has 4 aromatic rings. The molecule has 0 spiro atoms. The molecule has 0 saturated heterocycles. The van der Waals surface area contributed by atoms with Crippen LogP contribution >= 0.6 is 11.3 Å². The number of H-pyrrole nitrogens is 1. The van der Waals surface area contributed by atoms with Gasteiger partial charge < -0.3 is 9.72 Å². The van der Waals surface area contributed by atoms with Gasteiger partial charge in [0.25, 0.3) is 0 Å². The highest BCUT2D eigenvalue weighted by Gasteiger charge is 2.19. The normalized spacial score (nSPS) is 11.8. The predicted molar refractivity (Wildman–Crippen MR) is 86.6 cm³/mol. The molecule has 112 valence electrons. The standard InChI is InChI=1S/C15H15N5OS/c1-8(2)11-12(19-15-13(11)17-7-22-15)9-4-10(21-3)14-16-6-18-20(14)5-9/h4-8,19H,1-3H3. The highest BCUT2D eigenvalue weighted by Crippen LogP contribution is 2.37. The number of hydrogen-bond donors (Lipinski definition) is 1. The fraction of sp³-hybridized carbons (Fsp3) is 0.267. The van der Waals surface area contributed by atoms with Gasteiger partial charge in [-0.05, 0) is 12.0 Å². The van der Waals surface area contributed by atoms with E-state index in [-0.39, 0.29) is 0 Å². The molecule has 0 bridgehead atoms. The van der Waals surface area contributed by atoms with E-state index in [0.29, 0.717) is 17.3 Å². The molecule has 4 heterocycles. The maximum absolute atomic E-state index is 5.45. The largest absolute Gasteiger partial charge is 0.493 e. The summed E-state index contributed by atoms with van der Waals surface area (Å²) in [5, 5.41) is 4.23. The van der Waals surface area contributed by atoms with E-state index in [1.54, 1.807) is 23.0 Å². The zero-order chi connectivity index (χ0) is 15.3. The third kappa shape index (κ3) is 1.82. The quantitative estimate of drug-likeness (QED) is 0.629. The summed E-state index contributed by atoms with van der Waals surface area (Å²) in [5.74, 6) is 1.07. The Morgan fingerprint density at radius 2 is 2.18 bits per heavy atom. The summed E-state index contributed by atoms with van der Waals surface area (Å²) in [4.78, 5) is 13.3. The van der Waals surface area contributed by atoms with E-state index < -0.39 is 0 Å². The summed E-state index contributed by atoms with van der Waals surface area (Å²) in [6, 6.07) is 1.99. The molecule has 0 aliphatic rings. The topological polar surface area (TPSA) is 68.1 Å². The van der Waals surface area contributed by atoms with Crippen LogP contribution in [-0.2, 0) is 0 Å². The average molecular weight is 313 g/mol. The van der Waals surface area contributed by atoms with Crippen LogP contribution in [0.3, 0.4) is 0 Å². The third-order valence-corrected chi connectivity index (χ3v) is 4.50. The van der Waals surface area contributed by atoms with Crippen LogP contribution in [0.2, 0.25) is 0 Å². The van der Waals surface area contributed by atoms with Crippen molar-refractivity contribution in [2.24, 2.45) is 0 Å². The van der Waals surface area contributed by atoms with Crippen LogP contribution in [0, 0.1) is 0 Å². The van der Waals surface area contributed by atoms with Crippen molar-refractivity contribution in [3.63, 3.8) is 0 Å². The van der Waals surface area contributed by atoms with E-state index in [2.05, 4.69) is 33.9 Å². The van der Waals surface area contributed by atoms with Crippen LogP contribution in [-0.4, -0.2) is 31.7 Å². The smallest absolute Gasteiger partial charge is 0.197 e. The van der Waals surface area contributed by atoms with Crippen molar-refractivity contribution in [1.82, 2.24) is 24.6 Å². The molecule has 0 atom stereocenters. The number of aromatic nitrogens is 5. The lowest BCUT2D eigenvalue weighted by Crippen LogP contribution is -1.96. The Morgan fingerprint density at radius 3 is 2.95 bits per heavy atom. The van der Waals surface area contributed by atoms with Crippen LogP contribution in [0.1, 0.15) is 25.3 Å². The second-order valence-corrected chi connectivity index (χ2v) is 6.28. The zero-order valence-corrected chi connectivity index (χ0v) is 13.3. The van der Waals surface area contributed by atoms with Gasteiger partial charge >= 0.3 is 0 Å². The number of pyridine rings is 1. The van der Waals surface area contributed by atoms with Gasteiger partial charge in [-0.15, -0.1) is 11.3 Å². The van der Waals surface area contributed by atoms with Crippen molar-refractivity contribution >= 4 is 27.3 Å². The van der Waals surface area contributed by atoms with Crippen molar-refractivity contribution in [3.05, 3.63) is 29.7 Å². The van der Waals surface area contributed by atoms with Crippen molar-refractivity contribution < 1.29 is 4.74 Å². The SMILES string of the molecule is COc1cc(-c2[nH]c3scnc3c2C(C)C)cn2ncnc12. The number of fused-ring (bicyclic) bond motifs is 2. The van der Waals surface area contributed by atoms with Gasteiger partial charge in [-0.1, -0.05) is 13.8 Å². The summed E-state index contributed by atoms with van der Waals surface area (Å²) in [7, 11) is 1.64. The molecule has 7 heteroatoms. The summed E-state index contributed by atoms with van der Waals surface area (Å²) in [5.41, 5.74) is 6.94. The minimum Gasteiger partial charge on any atom is -0.493 e. The van der Waals surface area contributed by atoms with Crippen LogP contribution in [0.4, 0.5) is 0 Å². The van der Waals surface area contributed by atoms with Crippen molar-refractivity contribution in [3.8, 4) is 17.0 Å². The Labute approximate surface area is 130 Å². The maximum atomic E-state index is 5.45. The van der Waals surface area contributed by atoms with Gasteiger partial charge in [0.1, 0.15) is 16.7 Å². The molecule has 4 rings (SSSR count). The first-order chi connectivity index (χ1) is 10.7. The molecule has 0 radical (unpaired) electrons. The first kappa shape index (κ1) is 13.3. The van der Waals surface area contributed by atoms with E-state index in [0.717, 1.165) is 21.6 Å². The van der Waals surface area contributed by atoms with Gasteiger partial charge in [0.15, 0.2) is 11.4 Å². The van der Waals surface area contributed by atoms with Gasteiger partial charge in [-0.25, -0.2) is 14.5 Å². The lowest BCUT2D eigenvalue weighted by atomic mass is 9.99. The molecule has 0 aliphatic carbocycles. The fourth-order valence-corrected chi connectivity index (χ4v) is 3.50. The predicted octanol–water partition coefficient (Wildman–Crippen LogP) is 3.47. The van der Waals surface area contributed by atoms with Crippen LogP contribution in [0.5, 0.6) is 5.75 Å². The van der Waals surface area contributed by atoms with E-state index in [1.807, 2.05) is 17.8 Å². The van der Waals surface area contributed by atoms with E-state index in [4.69, 9.17) is 4.74 Å². The first-order valence-corrected chi connectivity index (χ1v) is 7.89. The van der Waals surface area contributed by atoms with E-state index in [9.17, 15) is 0 Å². The van der Waals surface area contributed by atoms with Crippen molar-refractivity contribution in [1.29, 1.82) is 0 Å². The minimum absolute atomic E-state index is 0.364. The molecule has 0 aromatic carbocycles. The summed E-state index contributed by atoms with van der Waals surface area (Å²) >= 11 is 1.62. The highest BCUT2D eigenvalue weighted by atomic mass is 32.1. The van der Waals surface area contributed by atoms with Gasteiger partial charge in [0, 0.05) is 17.3 Å². The number of aromatic amines is 1. The lowest BCUT2D eigenvalue weighted by Gasteiger charge is -2.10. The molecule has 0 aliphatic heterocycles. The molecule has 0 unspecified atom stereocenters. The molecule has 22 heavy (non-hydrogen) atoms. The molecule has 6 nitrogen and oxygen atoms in total. The lowest BCUT2D eigenvalue weighted by molar-refractivity contribution is 0.416. The third-order valence-electron chi connectivity index (χ3n) is 3.76. The fourth-order valence-electron chi connectivity index (χ4n) is 2.80.